The monoisotopic (exact) mass is 543 g/mol. The van der Waals surface area contributed by atoms with E-state index in [4.69, 9.17) is 16.3 Å². The molecule has 0 aliphatic rings. The lowest BCUT2D eigenvalue weighted by Gasteiger charge is -2.31. The van der Waals surface area contributed by atoms with E-state index in [9.17, 15) is 4.79 Å². The summed E-state index contributed by atoms with van der Waals surface area (Å²) >= 11 is 6.63. The maximum absolute atomic E-state index is 13.8. The maximum Gasteiger partial charge on any atom is 0.253 e. The maximum atomic E-state index is 13.8. The third-order valence-electron chi connectivity index (χ3n) is 6.88. The Morgan fingerprint density at radius 2 is 1.90 bits per heavy atom. The van der Waals surface area contributed by atoms with Crippen LogP contribution in [0.3, 0.4) is 0 Å². The second-order valence-electron chi connectivity index (χ2n) is 9.56. The van der Waals surface area contributed by atoms with Crippen LogP contribution in [0.4, 0.5) is 0 Å². The highest BCUT2D eigenvalue weighted by molar-refractivity contribution is 6.31. The van der Waals surface area contributed by atoms with Gasteiger partial charge in [0.05, 0.1) is 18.7 Å². The number of rotatable bonds is 10. The van der Waals surface area contributed by atoms with Crippen molar-refractivity contribution < 1.29 is 4.74 Å². The molecule has 0 fully saturated rings. The van der Waals surface area contributed by atoms with Crippen molar-refractivity contribution in [3.05, 3.63) is 116 Å². The lowest BCUT2D eigenvalue weighted by molar-refractivity contribution is 0.169. The van der Waals surface area contributed by atoms with E-state index in [1.165, 1.54) is 0 Å². The fourth-order valence-electron chi connectivity index (χ4n) is 4.85. The molecule has 0 bridgehead atoms. The SMILES string of the molecule is COCCn1nnnc1[C@H](c1cc2c(C)ccc(C)c2[nH]c1=O)N(Cc1cccnc1)Cc1ccccc1Cl. The number of nitrogens with zero attached hydrogens (tertiary/aromatic N) is 6. The molecule has 0 aliphatic carbocycles. The number of hydrogen-bond acceptors (Lipinski definition) is 7. The van der Waals surface area contributed by atoms with Crippen molar-refractivity contribution >= 4 is 22.5 Å². The van der Waals surface area contributed by atoms with E-state index in [0.29, 0.717) is 42.7 Å². The summed E-state index contributed by atoms with van der Waals surface area (Å²) in [4.78, 5) is 23.4. The van der Waals surface area contributed by atoms with Crippen LogP contribution < -0.4 is 5.56 Å². The lowest BCUT2D eigenvalue weighted by atomic mass is 9.98. The van der Waals surface area contributed by atoms with E-state index >= 15 is 0 Å². The number of halogens is 1. The highest BCUT2D eigenvalue weighted by Gasteiger charge is 2.31. The van der Waals surface area contributed by atoms with Gasteiger partial charge in [-0.3, -0.25) is 14.7 Å². The average Bonchev–Trinajstić information content (AvgIpc) is 3.40. The van der Waals surface area contributed by atoms with E-state index in [1.807, 2.05) is 68.6 Å². The Labute approximate surface area is 231 Å². The van der Waals surface area contributed by atoms with Crippen molar-refractivity contribution in [3.8, 4) is 0 Å². The van der Waals surface area contributed by atoms with Gasteiger partial charge in [-0.1, -0.05) is 48.0 Å². The van der Waals surface area contributed by atoms with E-state index in [-0.39, 0.29) is 5.56 Å². The molecule has 3 heterocycles. The summed E-state index contributed by atoms with van der Waals surface area (Å²) in [5.74, 6) is 0.540. The summed E-state index contributed by atoms with van der Waals surface area (Å²) < 4.78 is 7.01. The van der Waals surface area contributed by atoms with Gasteiger partial charge in [0.25, 0.3) is 5.56 Å². The van der Waals surface area contributed by atoms with Crippen LogP contribution in [0.2, 0.25) is 5.02 Å². The first kappa shape index (κ1) is 26.7. The molecule has 0 aliphatic heterocycles. The number of nitrogens with one attached hydrogen (secondary N) is 1. The molecule has 0 amide bonds. The number of methoxy groups -OCH3 is 1. The number of benzene rings is 2. The van der Waals surface area contributed by atoms with Gasteiger partial charge in [-0.25, -0.2) is 4.68 Å². The number of fused-ring (bicyclic) bond motifs is 1. The number of ether oxygens (including phenoxy) is 1. The zero-order chi connectivity index (χ0) is 27.4. The predicted octanol–water partition coefficient (Wildman–Crippen LogP) is 4.62. The van der Waals surface area contributed by atoms with Gasteiger partial charge in [-0.15, -0.1) is 5.10 Å². The third kappa shape index (κ3) is 5.75. The fraction of sp³-hybridized carbons (Fsp3) is 0.276. The number of pyridine rings is 2. The smallest absolute Gasteiger partial charge is 0.253 e. The van der Waals surface area contributed by atoms with Crippen LogP contribution in [0.1, 0.15) is 39.7 Å². The molecule has 0 saturated carbocycles. The Kier molecular flexibility index (Phi) is 8.11. The molecule has 39 heavy (non-hydrogen) atoms. The standard InChI is InChI=1S/C29H30ClN7O2/c1-19-10-11-20(2)26-23(19)15-24(29(38)32-26)27(28-33-34-35-37(28)13-14-39-3)36(17-21-7-6-12-31-16-21)18-22-8-4-5-9-25(22)30/h4-12,15-16,27H,13-14,17-18H2,1-3H3,(H,32,38)/t27-/m0/s1. The molecule has 1 N–H and O–H groups in total. The highest BCUT2D eigenvalue weighted by atomic mass is 35.5. The Morgan fingerprint density at radius 1 is 1.08 bits per heavy atom. The van der Waals surface area contributed by atoms with Crippen molar-refractivity contribution in [1.82, 2.24) is 35.1 Å². The molecule has 1 atom stereocenters. The summed E-state index contributed by atoms with van der Waals surface area (Å²) in [6.45, 7) is 5.81. The molecular formula is C29H30ClN7O2. The van der Waals surface area contributed by atoms with Crippen LogP contribution in [0, 0.1) is 13.8 Å². The number of aromatic nitrogens is 6. The summed E-state index contributed by atoms with van der Waals surface area (Å²) in [5.41, 5.74) is 5.15. The Balaban J connectivity index is 1.73. The molecule has 9 nitrogen and oxygen atoms in total. The number of H-pyrrole nitrogens is 1. The van der Waals surface area contributed by atoms with Crippen LogP contribution in [0.5, 0.6) is 0 Å². The van der Waals surface area contributed by atoms with Crippen LogP contribution in [0.25, 0.3) is 10.9 Å². The van der Waals surface area contributed by atoms with Crippen molar-refractivity contribution in [2.24, 2.45) is 0 Å². The van der Waals surface area contributed by atoms with Crippen LogP contribution >= 0.6 is 11.6 Å². The molecule has 5 rings (SSSR count). The van der Waals surface area contributed by atoms with E-state index in [1.54, 1.807) is 18.0 Å². The van der Waals surface area contributed by atoms with Gasteiger partial charge in [0.1, 0.15) is 6.04 Å². The molecule has 0 unspecified atom stereocenters. The molecule has 5 aromatic rings. The predicted molar refractivity (Wildman–Crippen MR) is 151 cm³/mol. The third-order valence-corrected chi connectivity index (χ3v) is 7.25. The van der Waals surface area contributed by atoms with Crippen LogP contribution in [-0.2, 0) is 24.4 Å². The van der Waals surface area contributed by atoms with Gasteiger partial charge in [-0.05, 0) is 64.7 Å². The topological polar surface area (TPSA) is 102 Å². The lowest BCUT2D eigenvalue weighted by Crippen LogP contribution is -2.35. The minimum Gasteiger partial charge on any atom is -0.383 e. The van der Waals surface area contributed by atoms with E-state index < -0.39 is 6.04 Å². The van der Waals surface area contributed by atoms with Crippen molar-refractivity contribution in [1.29, 1.82) is 0 Å². The molecule has 3 aromatic heterocycles. The van der Waals surface area contributed by atoms with Crippen molar-refractivity contribution in [2.45, 2.75) is 39.5 Å². The first-order chi connectivity index (χ1) is 19.0. The molecule has 0 radical (unpaired) electrons. The minimum absolute atomic E-state index is 0.196. The summed E-state index contributed by atoms with van der Waals surface area (Å²) in [7, 11) is 1.63. The second kappa shape index (κ2) is 11.9. The van der Waals surface area contributed by atoms with E-state index in [2.05, 4.69) is 36.5 Å². The van der Waals surface area contributed by atoms with Gasteiger partial charge in [0.2, 0.25) is 0 Å². The average molecular weight is 544 g/mol. The zero-order valence-corrected chi connectivity index (χ0v) is 22.9. The molecule has 200 valence electrons. The van der Waals surface area contributed by atoms with Gasteiger partial charge in [-0.2, -0.15) is 0 Å². The largest absolute Gasteiger partial charge is 0.383 e. The first-order valence-corrected chi connectivity index (χ1v) is 13.1. The van der Waals surface area contributed by atoms with Gasteiger partial charge < -0.3 is 9.72 Å². The molecule has 0 saturated heterocycles. The van der Waals surface area contributed by atoms with Crippen LogP contribution in [-0.4, -0.2) is 48.8 Å². The molecule has 2 aromatic carbocycles. The first-order valence-electron chi connectivity index (χ1n) is 12.7. The Bertz CT molecular complexity index is 1630. The van der Waals surface area contributed by atoms with Gasteiger partial charge in [0, 0.05) is 48.6 Å². The molecule has 0 spiro atoms. The number of aryl methyl sites for hydroxylation is 2. The summed E-state index contributed by atoms with van der Waals surface area (Å²) in [6.07, 6.45) is 3.56. The fourth-order valence-corrected chi connectivity index (χ4v) is 5.04. The normalized spacial score (nSPS) is 12.3. The second-order valence-corrected chi connectivity index (χ2v) is 9.96. The number of hydrogen-bond donors (Lipinski definition) is 1. The minimum atomic E-state index is -0.596. The Hall–Kier alpha value is -3.92. The van der Waals surface area contributed by atoms with Crippen molar-refractivity contribution in [2.75, 3.05) is 13.7 Å². The van der Waals surface area contributed by atoms with Gasteiger partial charge in [0.15, 0.2) is 5.82 Å². The Morgan fingerprint density at radius 3 is 2.67 bits per heavy atom. The zero-order valence-electron chi connectivity index (χ0n) is 22.1. The van der Waals surface area contributed by atoms with E-state index in [0.717, 1.165) is 33.2 Å². The van der Waals surface area contributed by atoms with Gasteiger partial charge >= 0.3 is 0 Å². The number of tetrazole rings is 1. The quantitative estimate of drug-likeness (QED) is 0.274. The van der Waals surface area contributed by atoms with Crippen LogP contribution in [0.15, 0.2) is 71.8 Å². The summed E-state index contributed by atoms with van der Waals surface area (Å²) in [6, 6.07) is 17.1. The highest BCUT2D eigenvalue weighted by Crippen LogP contribution is 2.32. The summed E-state index contributed by atoms with van der Waals surface area (Å²) in [5, 5.41) is 14.3. The molecular weight excluding hydrogens is 514 g/mol. The number of aromatic amines is 1. The van der Waals surface area contributed by atoms with Crippen molar-refractivity contribution in [3.63, 3.8) is 0 Å². The molecule has 10 heteroatoms.